The first-order valence-electron chi connectivity index (χ1n) is 4.90. The van der Waals surface area contributed by atoms with E-state index in [4.69, 9.17) is 5.26 Å². The Kier molecular flexibility index (Phi) is 2.43. The van der Waals surface area contributed by atoms with E-state index in [-0.39, 0.29) is 0 Å². The highest BCUT2D eigenvalue weighted by Gasteiger charge is 2.21. The van der Waals surface area contributed by atoms with E-state index >= 15 is 0 Å². The maximum Gasteiger partial charge on any atom is 0.101 e. The monoisotopic (exact) mass is 203 g/mol. The summed E-state index contributed by atoms with van der Waals surface area (Å²) in [5.74, 6) is 0.495. The molecule has 14 heavy (non-hydrogen) atoms. The molecule has 0 spiro atoms. The van der Waals surface area contributed by atoms with Gasteiger partial charge in [-0.15, -0.1) is 11.3 Å². The zero-order valence-corrected chi connectivity index (χ0v) is 9.32. The van der Waals surface area contributed by atoms with Gasteiger partial charge in [0.25, 0.3) is 0 Å². The van der Waals surface area contributed by atoms with Crippen LogP contribution in [0.3, 0.4) is 0 Å². The maximum atomic E-state index is 9.11. The molecule has 0 amide bonds. The van der Waals surface area contributed by atoms with Gasteiger partial charge in [0.1, 0.15) is 6.07 Å². The number of aryl methyl sites for hydroxylation is 2. The van der Waals surface area contributed by atoms with E-state index in [0.29, 0.717) is 5.92 Å². The van der Waals surface area contributed by atoms with Crippen molar-refractivity contribution in [3.05, 3.63) is 33.0 Å². The minimum absolute atomic E-state index is 0.495. The third-order valence-corrected chi connectivity index (χ3v) is 3.84. The van der Waals surface area contributed by atoms with Gasteiger partial charge in [0.05, 0.1) is 5.56 Å². The number of hydrogen-bond acceptors (Lipinski definition) is 2. The van der Waals surface area contributed by atoms with Crippen LogP contribution in [0.4, 0.5) is 0 Å². The fourth-order valence-electron chi connectivity index (χ4n) is 2.16. The Morgan fingerprint density at radius 1 is 1.43 bits per heavy atom. The molecule has 0 saturated carbocycles. The molecule has 0 saturated heterocycles. The molecular formula is C12H13NS. The molecule has 1 aromatic heterocycles. The summed E-state index contributed by atoms with van der Waals surface area (Å²) in [6, 6.07) is 2.34. The van der Waals surface area contributed by atoms with E-state index < -0.39 is 0 Å². The average Bonchev–Trinajstić information content (AvgIpc) is 2.72. The number of rotatable bonds is 1. The van der Waals surface area contributed by atoms with E-state index in [0.717, 1.165) is 12.0 Å². The van der Waals surface area contributed by atoms with Crippen LogP contribution in [0.15, 0.2) is 12.2 Å². The topological polar surface area (TPSA) is 23.8 Å². The average molecular weight is 203 g/mol. The highest BCUT2D eigenvalue weighted by Crippen LogP contribution is 2.37. The van der Waals surface area contributed by atoms with E-state index in [2.05, 4.69) is 25.1 Å². The fourth-order valence-corrected chi connectivity index (χ4v) is 3.24. The smallest absolute Gasteiger partial charge is 0.101 e. The van der Waals surface area contributed by atoms with E-state index in [9.17, 15) is 0 Å². The van der Waals surface area contributed by atoms with Crippen LogP contribution in [0, 0.1) is 25.2 Å². The Labute approximate surface area is 88.7 Å². The molecule has 0 fully saturated rings. The van der Waals surface area contributed by atoms with Crippen LogP contribution in [0.2, 0.25) is 0 Å². The van der Waals surface area contributed by atoms with Crippen LogP contribution in [0.25, 0.3) is 0 Å². The number of hydrogen-bond donors (Lipinski definition) is 0. The molecule has 72 valence electrons. The van der Waals surface area contributed by atoms with Gasteiger partial charge in [-0.05, 0) is 32.3 Å². The van der Waals surface area contributed by atoms with Gasteiger partial charge in [0, 0.05) is 15.7 Å². The van der Waals surface area contributed by atoms with Gasteiger partial charge in [-0.2, -0.15) is 5.26 Å². The Hall–Kier alpha value is -1.07. The molecule has 1 aliphatic rings. The summed E-state index contributed by atoms with van der Waals surface area (Å²) in [6.45, 7) is 4.17. The molecule has 1 nitrogen and oxygen atoms in total. The van der Waals surface area contributed by atoms with Crippen molar-refractivity contribution in [2.75, 3.05) is 0 Å². The Morgan fingerprint density at radius 2 is 2.21 bits per heavy atom. The summed E-state index contributed by atoms with van der Waals surface area (Å²) < 4.78 is 0. The van der Waals surface area contributed by atoms with Crippen molar-refractivity contribution in [2.24, 2.45) is 0 Å². The first-order valence-corrected chi connectivity index (χ1v) is 5.72. The van der Waals surface area contributed by atoms with Gasteiger partial charge in [0.2, 0.25) is 0 Å². The fraction of sp³-hybridized carbons (Fsp3) is 0.417. The standard InChI is InChI=1S/C12H13NS/c1-8-11(7-13)12(9(2)14-8)10-5-3-4-6-10/h3,5,10H,4,6H2,1-2H3. The van der Waals surface area contributed by atoms with E-state index in [1.165, 1.54) is 21.7 Å². The molecule has 1 unspecified atom stereocenters. The third kappa shape index (κ3) is 1.38. The molecule has 0 aliphatic heterocycles. The van der Waals surface area contributed by atoms with Crippen molar-refractivity contribution in [1.82, 2.24) is 0 Å². The maximum absolute atomic E-state index is 9.11. The van der Waals surface area contributed by atoms with Gasteiger partial charge < -0.3 is 0 Å². The van der Waals surface area contributed by atoms with Crippen LogP contribution in [0.1, 0.15) is 39.6 Å². The molecule has 2 heteroatoms. The van der Waals surface area contributed by atoms with Crippen molar-refractivity contribution in [3.8, 4) is 6.07 Å². The third-order valence-electron chi connectivity index (χ3n) is 2.80. The first-order chi connectivity index (χ1) is 6.74. The zero-order valence-electron chi connectivity index (χ0n) is 8.50. The Morgan fingerprint density at radius 3 is 2.79 bits per heavy atom. The molecule has 1 atom stereocenters. The summed E-state index contributed by atoms with van der Waals surface area (Å²) in [5.41, 5.74) is 2.20. The largest absolute Gasteiger partial charge is 0.192 e. The molecule has 0 N–H and O–H groups in total. The van der Waals surface area contributed by atoms with Gasteiger partial charge in [-0.25, -0.2) is 0 Å². The quantitative estimate of drug-likeness (QED) is 0.639. The molecule has 1 aromatic rings. The van der Waals surface area contributed by atoms with Crippen LogP contribution in [-0.2, 0) is 0 Å². The molecule has 1 heterocycles. The van der Waals surface area contributed by atoms with Gasteiger partial charge in [-0.3, -0.25) is 0 Å². The number of nitrogens with zero attached hydrogens (tertiary/aromatic N) is 1. The lowest BCUT2D eigenvalue weighted by Crippen LogP contribution is -1.94. The number of thiophene rings is 1. The second-order valence-electron chi connectivity index (χ2n) is 3.73. The summed E-state index contributed by atoms with van der Waals surface area (Å²) in [4.78, 5) is 2.48. The lowest BCUT2D eigenvalue weighted by atomic mass is 9.95. The van der Waals surface area contributed by atoms with Crippen LogP contribution >= 0.6 is 11.3 Å². The minimum atomic E-state index is 0.495. The van der Waals surface area contributed by atoms with Gasteiger partial charge >= 0.3 is 0 Å². The lowest BCUT2D eigenvalue weighted by molar-refractivity contribution is 0.797. The van der Waals surface area contributed by atoms with Crippen LogP contribution < -0.4 is 0 Å². The van der Waals surface area contributed by atoms with E-state index in [1.807, 2.05) is 6.92 Å². The summed E-state index contributed by atoms with van der Waals surface area (Å²) in [6.07, 6.45) is 6.79. The Balaban J connectivity index is 2.51. The minimum Gasteiger partial charge on any atom is -0.192 e. The second-order valence-corrected chi connectivity index (χ2v) is 5.16. The zero-order chi connectivity index (χ0) is 10.1. The van der Waals surface area contributed by atoms with Gasteiger partial charge in [-0.1, -0.05) is 12.2 Å². The molecule has 1 aliphatic carbocycles. The SMILES string of the molecule is Cc1sc(C)c(C2C=CCC2)c1C#N. The van der Waals surface area contributed by atoms with Crippen molar-refractivity contribution in [2.45, 2.75) is 32.6 Å². The predicted octanol–water partition coefficient (Wildman–Crippen LogP) is 3.67. The molecule has 0 radical (unpaired) electrons. The molecule has 2 rings (SSSR count). The molecule has 0 aromatic carbocycles. The van der Waals surface area contributed by atoms with E-state index in [1.54, 1.807) is 11.3 Å². The van der Waals surface area contributed by atoms with Crippen LogP contribution in [0.5, 0.6) is 0 Å². The summed E-state index contributed by atoms with van der Waals surface area (Å²) in [7, 11) is 0. The van der Waals surface area contributed by atoms with Crippen molar-refractivity contribution >= 4 is 11.3 Å². The molecular weight excluding hydrogens is 190 g/mol. The highest BCUT2D eigenvalue weighted by atomic mass is 32.1. The molecule has 0 bridgehead atoms. The van der Waals surface area contributed by atoms with Crippen molar-refractivity contribution < 1.29 is 0 Å². The number of nitriles is 1. The summed E-state index contributed by atoms with van der Waals surface area (Å²) in [5, 5.41) is 9.11. The van der Waals surface area contributed by atoms with Crippen molar-refractivity contribution in [3.63, 3.8) is 0 Å². The van der Waals surface area contributed by atoms with Crippen molar-refractivity contribution in [1.29, 1.82) is 5.26 Å². The summed E-state index contributed by atoms with van der Waals surface area (Å²) >= 11 is 1.75. The van der Waals surface area contributed by atoms with Gasteiger partial charge in [0.15, 0.2) is 0 Å². The van der Waals surface area contributed by atoms with Crippen LogP contribution in [-0.4, -0.2) is 0 Å². The predicted molar refractivity (Wildman–Crippen MR) is 59.6 cm³/mol. The first kappa shape index (κ1) is 9.48. The lowest BCUT2D eigenvalue weighted by Gasteiger charge is -2.07. The normalized spacial score (nSPS) is 19.9. The highest BCUT2D eigenvalue weighted by molar-refractivity contribution is 7.12. The second kappa shape index (κ2) is 3.59. The Bertz CT molecular complexity index is 420. The number of allylic oxidation sites excluding steroid dienone is 2.